The lowest BCUT2D eigenvalue weighted by molar-refractivity contribution is 0.438. The molecule has 0 radical (unpaired) electrons. The zero-order valence-corrected chi connectivity index (χ0v) is 10.7. The average Bonchev–Trinajstić information content (AvgIpc) is 2.78. The number of phenols is 1. The maximum Gasteiger partial charge on any atom is 0.164 e. The van der Waals surface area contributed by atoms with Gasteiger partial charge in [-0.1, -0.05) is 25.1 Å². The Labute approximate surface area is 106 Å². The Hall–Kier alpha value is -1.88. The van der Waals surface area contributed by atoms with E-state index in [-0.39, 0.29) is 6.04 Å². The highest BCUT2D eigenvalue weighted by Gasteiger charge is 2.13. The molecule has 2 rings (SSSR count). The number of para-hydroxylation sites is 1. The van der Waals surface area contributed by atoms with Crippen LogP contribution in [0.4, 0.5) is 0 Å². The Morgan fingerprint density at radius 2 is 2.17 bits per heavy atom. The normalized spacial score (nSPS) is 12.6. The Bertz CT molecular complexity index is 509. The lowest BCUT2D eigenvalue weighted by Crippen LogP contribution is -2.21. The van der Waals surface area contributed by atoms with Crippen LogP contribution in [0.5, 0.6) is 5.75 Å². The molecular weight excluding hydrogens is 228 g/mol. The van der Waals surface area contributed by atoms with Crippen molar-refractivity contribution in [2.75, 3.05) is 0 Å². The van der Waals surface area contributed by atoms with Crippen molar-refractivity contribution in [3.05, 3.63) is 42.0 Å². The lowest BCUT2D eigenvalue weighted by Gasteiger charge is -2.17. The first-order valence-corrected chi connectivity index (χ1v) is 6.06. The summed E-state index contributed by atoms with van der Waals surface area (Å²) in [6, 6.07) is 7.50. The molecule has 0 bridgehead atoms. The second kappa shape index (κ2) is 5.64. The summed E-state index contributed by atoms with van der Waals surface area (Å²) in [5.41, 5.74) is 0.913. The minimum Gasteiger partial charge on any atom is -0.508 e. The van der Waals surface area contributed by atoms with Crippen LogP contribution in [0.25, 0.3) is 0 Å². The summed E-state index contributed by atoms with van der Waals surface area (Å²) >= 11 is 0. The van der Waals surface area contributed by atoms with Gasteiger partial charge in [-0.3, -0.25) is 4.68 Å². The van der Waals surface area contributed by atoms with E-state index in [1.165, 1.54) is 0 Å². The van der Waals surface area contributed by atoms with Gasteiger partial charge in [-0.25, -0.2) is 4.98 Å². The first-order chi connectivity index (χ1) is 8.70. The van der Waals surface area contributed by atoms with E-state index in [9.17, 15) is 5.11 Å². The van der Waals surface area contributed by atoms with E-state index in [4.69, 9.17) is 0 Å². The van der Waals surface area contributed by atoms with E-state index < -0.39 is 0 Å². The highest BCUT2D eigenvalue weighted by Crippen LogP contribution is 2.25. The molecule has 0 saturated carbocycles. The van der Waals surface area contributed by atoms with Crippen LogP contribution >= 0.6 is 0 Å². The van der Waals surface area contributed by atoms with Gasteiger partial charge < -0.3 is 10.4 Å². The summed E-state index contributed by atoms with van der Waals surface area (Å²) in [6.07, 6.45) is 2.57. The SMILES string of the molecule is CCC(NCc1ncn(C)n1)c1ccccc1O. The van der Waals surface area contributed by atoms with E-state index >= 15 is 0 Å². The van der Waals surface area contributed by atoms with Crippen LogP contribution < -0.4 is 5.32 Å². The third kappa shape index (κ3) is 2.87. The molecule has 0 saturated heterocycles. The van der Waals surface area contributed by atoms with Gasteiger partial charge in [0.2, 0.25) is 0 Å². The predicted molar refractivity (Wildman–Crippen MR) is 69.0 cm³/mol. The van der Waals surface area contributed by atoms with Crippen molar-refractivity contribution >= 4 is 0 Å². The number of aryl methyl sites for hydroxylation is 1. The quantitative estimate of drug-likeness (QED) is 0.844. The molecule has 0 spiro atoms. The van der Waals surface area contributed by atoms with Crippen molar-refractivity contribution in [2.24, 2.45) is 7.05 Å². The smallest absolute Gasteiger partial charge is 0.164 e. The summed E-state index contributed by atoms with van der Waals surface area (Å²) in [4.78, 5) is 4.16. The number of aromatic hydroxyl groups is 1. The third-order valence-electron chi connectivity index (χ3n) is 2.87. The van der Waals surface area contributed by atoms with E-state index in [1.807, 2.05) is 25.2 Å². The largest absolute Gasteiger partial charge is 0.508 e. The fraction of sp³-hybridized carbons (Fsp3) is 0.385. The molecule has 1 unspecified atom stereocenters. The summed E-state index contributed by atoms with van der Waals surface area (Å²) in [5.74, 6) is 1.08. The van der Waals surface area contributed by atoms with Crippen molar-refractivity contribution in [1.29, 1.82) is 0 Å². The number of nitrogens with one attached hydrogen (secondary N) is 1. The molecule has 0 aliphatic rings. The van der Waals surface area contributed by atoms with Crippen LogP contribution in [0.15, 0.2) is 30.6 Å². The van der Waals surface area contributed by atoms with Crippen molar-refractivity contribution < 1.29 is 5.11 Å². The van der Waals surface area contributed by atoms with Gasteiger partial charge in [-0.05, 0) is 12.5 Å². The van der Waals surface area contributed by atoms with Gasteiger partial charge in [0, 0.05) is 18.7 Å². The van der Waals surface area contributed by atoms with Crippen LogP contribution in [0.1, 0.15) is 30.8 Å². The molecule has 0 fully saturated rings. The molecule has 0 amide bonds. The number of rotatable bonds is 5. The Morgan fingerprint density at radius 3 is 2.78 bits per heavy atom. The second-order valence-electron chi connectivity index (χ2n) is 4.24. The van der Waals surface area contributed by atoms with Crippen LogP contribution in [0.3, 0.4) is 0 Å². The fourth-order valence-electron chi connectivity index (χ4n) is 1.94. The van der Waals surface area contributed by atoms with Gasteiger partial charge in [0.15, 0.2) is 5.82 Å². The Balaban J connectivity index is 2.04. The van der Waals surface area contributed by atoms with Gasteiger partial charge in [0.1, 0.15) is 12.1 Å². The van der Waals surface area contributed by atoms with E-state index in [0.717, 1.165) is 17.8 Å². The minimum atomic E-state index is 0.106. The fourth-order valence-corrected chi connectivity index (χ4v) is 1.94. The molecule has 2 N–H and O–H groups in total. The Morgan fingerprint density at radius 1 is 1.39 bits per heavy atom. The number of phenolic OH excluding ortho intramolecular Hbond substituents is 1. The number of hydrogen-bond acceptors (Lipinski definition) is 4. The highest BCUT2D eigenvalue weighted by atomic mass is 16.3. The van der Waals surface area contributed by atoms with Crippen molar-refractivity contribution in [2.45, 2.75) is 25.9 Å². The average molecular weight is 246 g/mol. The van der Waals surface area contributed by atoms with Gasteiger partial charge in [-0.15, -0.1) is 0 Å². The highest BCUT2D eigenvalue weighted by molar-refractivity contribution is 5.34. The minimum absolute atomic E-state index is 0.106. The summed E-state index contributed by atoms with van der Waals surface area (Å²) in [6.45, 7) is 2.67. The molecule has 0 aliphatic heterocycles. The molecule has 1 atom stereocenters. The topological polar surface area (TPSA) is 63.0 Å². The van der Waals surface area contributed by atoms with Gasteiger partial charge >= 0.3 is 0 Å². The molecule has 1 aromatic carbocycles. The van der Waals surface area contributed by atoms with Crippen molar-refractivity contribution in [1.82, 2.24) is 20.1 Å². The van der Waals surface area contributed by atoms with Crippen molar-refractivity contribution in [3.8, 4) is 5.75 Å². The number of hydrogen-bond donors (Lipinski definition) is 2. The summed E-state index contributed by atoms with van der Waals surface area (Å²) in [7, 11) is 1.84. The maximum absolute atomic E-state index is 9.84. The van der Waals surface area contributed by atoms with Crippen molar-refractivity contribution in [3.63, 3.8) is 0 Å². The van der Waals surface area contributed by atoms with E-state index in [2.05, 4.69) is 22.3 Å². The molecule has 0 aliphatic carbocycles. The predicted octanol–water partition coefficient (Wildman–Crippen LogP) is 1.76. The number of benzene rings is 1. The number of aromatic nitrogens is 3. The van der Waals surface area contributed by atoms with Gasteiger partial charge in [-0.2, -0.15) is 5.10 Å². The summed E-state index contributed by atoms with van der Waals surface area (Å²) in [5, 5.41) is 17.4. The monoisotopic (exact) mass is 246 g/mol. The standard InChI is InChI=1S/C13H18N4O/c1-3-11(10-6-4-5-7-12(10)18)14-8-13-15-9-17(2)16-13/h4-7,9,11,14,18H,3,8H2,1-2H3. The first kappa shape index (κ1) is 12.6. The molecule has 96 valence electrons. The molecular formula is C13H18N4O. The number of nitrogens with zero attached hydrogens (tertiary/aromatic N) is 3. The van der Waals surface area contributed by atoms with Crippen LogP contribution in [0.2, 0.25) is 0 Å². The van der Waals surface area contributed by atoms with Crippen LogP contribution in [0, 0.1) is 0 Å². The zero-order chi connectivity index (χ0) is 13.0. The second-order valence-corrected chi connectivity index (χ2v) is 4.24. The molecule has 1 heterocycles. The zero-order valence-electron chi connectivity index (χ0n) is 10.7. The third-order valence-corrected chi connectivity index (χ3v) is 2.87. The van der Waals surface area contributed by atoms with Gasteiger partial charge in [0.05, 0.1) is 6.54 Å². The van der Waals surface area contributed by atoms with Crippen LogP contribution in [-0.2, 0) is 13.6 Å². The van der Waals surface area contributed by atoms with E-state index in [1.54, 1.807) is 17.1 Å². The van der Waals surface area contributed by atoms with Crippen LogP contribution in [-0.4, -0.2) is 19.9 Å². The molecule has 5 heteroatoms. The van der Waals surface area contributed by atoms with E-state index in [0.29, 0.717) is 12.3 Å². The maximum atomic E-state index is 9.84. The summed E-state index contributed by atoms with van der Waals surface area (Å²) < 4.78 is 1.68. The molecule has 18 heavy (non-hydrogen) atoms. The van der Waals surface area contributed by atoms with Gasteiger partial charge in [0.25, 0.3) is 0 Å². The Kier molecular flexibility index (Phi) is 3.94. The molecule has 5 nitrogen and oxygen atoms in total. The first-order valence-electron chi connectivity index (χ1n) is 6.06. The molecule has 2 aromatic rings. The molecule has 1 aromatic heterocycles. The lowest BCUT2D eigenvalue weighted by atomic mass is 10.0.